The number of methoxy groups -OCH3 is 1. The molecule has 1 saturated heterocycles. The van der Waals surface area contributed by atoms with E-state index < -0.39 is 0 Å². The molecule has 17 heavy (non-hydrogen) atoms. The van der Waals surface area contributed by atoms with Gasteiger partial charge in [-0.05, 0) is 37.5 Å². The molecule has 1 aliphatic heterocycles. The molecule has 0 radical (unpaired) electrons. The second-order valence-corrected chi connectivity index (χ2v) is 4.63. The van der Waals surface area contributed by atoms with Crippen LogP contribution in [0.2, 0.25) is 0 Å². The lowest BCUT2D eigenvalue weighted by Crippen LogP contribution is -2.39. The van der Waals surface area contributed by atoms with Crippen molar-refractivity contribution >= 4 is 5.82 Å². The second-order valence-electron chi connectivity index (χ2n) is 4.63. The zero-order valence-electron chi connectivity index (χ0n) is 10.6. The van der Waals surface area contributed by atoms with Crippen molar-refractivity contribution in [1.29, 1.82) is 0 Å². The molecule has 1 aliphatic rings. The quantitative estimate of drug-likeness (QED) is 0.862. The lowest BCUT2D eigenvalue weighted by atomic mass is 10.1. The Hall–Kier alpha value is -1.13. The second kappa shape index (κ2) is 5.47. The minimum atomic E-state index is 0.326. The molecular formula is C13H21N3O. The van der Waals surface area contributed by atoms with Crippen LogP contribution in [0.25, 0.3) is 0 Å². The summed E-state index contributed by atoms with van der Waals surface area (Å²) in [4.78, 5) is 6.88. The highest BCUT2D eigenvalue weighted by Crippen LogP contribution is 2.20. The molecule has 0 spiro atoms. The Morgan fingerprint density at radius 3 is 3.06 bits per heavy atom. The van der Waals surface area contributed by atoms with Gasteiger partial charge in [0.05, 0.1) is 6.10 Å². The highest BCUT2D eigenvalue weighted by atomic mass is 16.5. The SMILES string of the molecule is COC1CCCN(c2cc(CN)cc(C)n2)C1. The van der Waals surface area contributed by atoms with Gasteiger partial charge in [0, 0.05) is 32.4 Å². The topological polar surface area (TPSA) is 51.4 Å². The minimum Gasteiger partial charge on any atom is -0.380 e. The molecule has 4 heteroatoms. The van der Waals surface area contributed by atoms with Gasteiger partial charge in [0.1, 0.15) is 5.82 Å². The van der Waals surface area contributed by atoms with Gasteiger partial charge in [-0.15, -0.1) is 0 Å². The summed E-state index contributed by atoms with van der Waals surface area (Å²) in [6.45, 7) is 4.57. The zero-order valence-corrected chi connectivity index (χ0v) is 10.6. The number of ether oxygens (including phenoxy) is 1. The van der Waals surface area contributed by atoms with Crippen LogP contribution in [0.1, 0.15) is 24.1 Å². The van der Waals surface area contributed by atoms with Crippen molar-refractivity contribution in [2.75, 3.05) is 25.1 Å². The van der Waals surface area contributed by atoms with Crippen LogP contribution in [0.3, 0.4) is 0 Å². The van der Waals surface area contributed by atoms with Crippen molar-refractivity contribution in [3.8, 4) is 0 Å². The fraction of sp³-hybridized carbons (Fsp3) is 0.615. The molecule has 0 aliphatic carbocycles. The summed E-state index contributed by atoms with van der Waals surface area (Å²) >= 11 is 0. The molecule has 0 aromatic carbocycles. The molecule has 2 rings (SSSR count). The largest absolute Gasteiger partial charge is 0.380 e. The molecule has 4 nitrogen and oxygen atoms in total. The summed E-state index contributed by atoms with van der Waals surface area (Å²) < 4.78 is 5.44. The minimum absolute atomic E-state index is 0.326. The van der Waals surface area contributed by atoms with Gasteiger partial charge in [-0.3, -0.25) is 0 Å². The van der Waals surface area contributed by atoms with Crippen LogP contribution in [0.15, 0.2) is 12.1 Å². The molecular weight excluding hydrogens is 214 g/mol. The van der Waals surface area contributed by atoms with Crippen LogP contribution in [-0.4, -0.2) is 31.3 Å². The van der Waals surface area contributed by atoms with Crippen molar-refractivity contribution in [1.82, 2.24) is 4.98 Å². The number of rotatable bonds is 3. The molecule has 1 atom stereocenters. The third kappa shape index (κ3) is 2.96. The van der Waals surface area contributed by atoms with Gasteiger partial charge >= 0.3 is 0 Å². The van der Waals surface area contributed by atoms with E-state index in [0.717, 1.165) is 43.0 Å². The number of aromatic nitrogens is 1. The third-order valence-electron chi connectivity index (χ3n) is 3.27. The number of nitrogens with two attached hydrogens (primary N) is 1. The summed E-state index contributed by atoms with van der Waals surface area (Å²) in [5.41, 5.74) is 7.88. The van der Waals surface area contributed by atoms with Gasteiger partial charge < -0.3 is 15.4 Å². The predicted octanol–water partition coefficient (Wildman–Crippen LogP) is 1.46. The van der Waals surface area contributed by atoms with E-state index in [0.29, 0.717) is 12.6 Å². The molecule has 2 heterocycles. The Morgan fingerprint density at radius 1 is 1.53 bits per heavy atom. The Bertz CT molecular complexity index is 381. The van der Waals surface area contributed by atoms with E-state index in [2.05, 4.69) is 16.0 Å². The lowest BCUT2D eigenvalue weighted by Gasteiger charge is -2.33. The van der Waals surface area contributed by atoms with Gasteiger partial charge in [-0.1, -0.05) is 0 Å². The van der Waals surface area contributed by atoms with Gasteiger partial charge in [0.15, 0.2) is 0 Å². The molecule has 0 bridgehead atoms. The maximum atomic E-state index is 5.70. The van der Waals surface area contributed by atoms with Gasteiger partial charge in [0.25, 0.3) is 0 Å². The third-order valence-corrected chi connectivity index (χ3v) is 3.27. The van der Waals surface area contributed by atoms with Crippen molar-refractivity contribution < 1.29 is 4.74 Å². The summed E-state index contributed by atoms with van der Waals surface area (Å²) in [5.74, 6) is 1.03. The standard InChI is InChI=1S/C13H21N3O/c1-10-6-11(8-14)7-13(15-10)16-5-3-4-12(9-16)17-2/h6-7,12H,3-5,8-9,14H2,1-2H3. The number of aryl methyl sites for hydroxylation is 1. The van der Waals surface area contributed by atoms with E-state index in [1.807, 2.05) is 13.0 Å². The molecule has 1 aromatic heterocycles. The first-order valence-corrected chi connectivity index (χ1v) is 6.18. The molecule has 2 N–H and O–H groups in total. The van der Waals surface area contributed by atoms with E-state index in [1.54, 1.807) is 7.11 Å². The molecule has 1 fully saturated rings. The first-order valence-electron chi connectivity index (χ1n) is 6.18. The Balaban J connectivity index is 2.18. The first-order chi connectivity index (χ1) is 8.22. The van der Waals surface area contributed by atoms with Crippen LogP contribution in [0, 0.1) is 6.92 Å². The first kappa shape index (κ1) is 12.3. The highest BCUT2D eigenvalue weighted by molar-refractivity contribution is 5.43. The van der Waals surface area contributed by atoms with Crippen molar-refractivity contribution in [2.45, 2.75) is 32.4 Å². The van der Waals surface area contributed by atoms with Crippen LogP contribution in [-0.2, 0) is 11.3 Å². The van der Waals surface area contributed by atoms with Crippen LogP contribution in [0.5, 0.6) is 0 Å². The molecule has 1 aromatic rings. The van der Waals surface area contributed by atoms with Gasteiger partial charge in [0.2, 0.25) is 0 Å². The highest BCUT2D eigenvalue weighted by Gasteiger charge is 2.20. The van der Waals surface area contributed by atoms with E-state index in [-0.39, 0.29) is 0 Å². The lowest BCUT2D eigenvalue weighted by molar-refractivity contribution is 0.0891. The van der Waals surface area contributed by atoms with Crippen LogP contribution in [0.4, 0.5) is 5.82 Å². The number of anilines is 1. The normalized spacial score (nSPS) is 20.6. The number of nitrogens with zero attached hydrogens (tertiary/aromatic N) is 2. The predicted molar refractivity (Wildman–Crippen MR) is 69.1 cm³/mol. The van der Waals surface area contributed by atoms with E-state index in [4.69, 9.17) is 10.5 Å². The Labute approximate surface area is 103 Å². The molecule has 0 amide bonds. The average Bonchev–Trinajstić information content (AvgIpc) is 2.38. The Morgan fingerprint density at radius 2 is 2.35 bits per heavy atom. The molecule has 1 unspecified atom stereocenters. The van der Waals surface area contributed by atoms with E-state index >= 15 is 0 Å². The van der Waals surface area contributed by atoms with E-state index in [9.17, 15) is 0 Å². The number of hydrogen-bond acceptors (Lipinski definition) is 4. The maximum absolute atomic E-state index is 5.70. The number of pyridine rings is 1. The monoisotopic (exact) mass is 235 g/mol. The van der Waals surface area contributed by atoms with Gasteiger partial charge in [-0.25, -0.2) is 4.98 Å². The summed E-state index contributed by atoms with van der Waals surface area (Å²) in [7, 11) is 1.78. The fourth-order valence-electron chi connectivity index (χ4n) is 2.34. The maximum Gasteiger partial charge on any atom is 0.129 e. The molecule has 94 valence electrons. The number of piperidine rings is 1. The van der Waals surface area contributed by atoms with Crippen LogP contribution < -0.4 is 10.6 Å². The summed E-state index contributed by atoms with van der Waals surface area (Å²) in [6, 6.07) is 4.13. The zero-order chi connectivity index (χ0) is 12.3. The molecule has 0 saturated carbocycles. The van der Waals surface area contributed by atoms with E-state index in [1.165, 1.54) is 0 Å². The summed E-state index contributed by atoms with van der Waals surface area (Å²) in [5, 5.41) is 0. The fourth-order valence-corrected chi connectivity index (χ4v) is 2.34. The van der Waals surface area contributed by atoms with Gasteiger partial charge in [-0.2, -0.15) is 0 Å². The number of hydrogen-bond donors (Lipinski definition) is 1. The average molecular weight is 235 g/mol. The summed E-state index contributed by atoms with van der Waals surface area (Å²) in [6.07, 6.45) is 2.63. The van der Waals surface area contributed by atoms with Crippen molar-refractivity contribution in [3.05, 3.63) is 23.4 Å². The van der Waals surface area contributed by atoms with Crippen LogP contribution >= 0.6 is 0 Å². The smallest absolute Gasteiger partial charge is 0.129 e. The Kier molecular flexibility index (Phi) is 3.97. The van der Waals surface area contributed by atoms with Crippen molar-refractivity contribution in [3.63, 3.8) is 0 Å². The van der Waals surface area contributed by atoms with Crippen molar-refractivity contribution in [2.24, 2.45) is 5.73 Å².